The van der Waals surface area contributed by atoms with Gasteiger partial charge in [0.05, 0.1) is 0 Å². The van der Waals surface area contributed by atoms with Gasteiger partial charge < -0.3 is 20.7 Å². The highest BCUT2D eigenvalue weighted by Gasteiger charge is 2.15. The molecule has 0 fully saturated rings. The molecule has 0 atom stereocenters. The Morgan fingerprint density at radius 3 is 2.50 bits per heavy atom. The molecule has 0 aliphatic carbocycles. The van der Waals surface area contributed by atoms with E-state index in [1.54, 1.807) is 4.68 Å². The molecule has 1 heterocycles. The molecule has 0 aliphatic heterocycles. The molecule has 0 aliphatic rings. The summed E-state index contributed by atoms with van der Waals surface area (Å²) in [6.45, 7) is 9.59. The number of nitrogens with zero attached hydrogens (tertiary/aromatic N) is 4. The van der Waals surface area contributed by atoms with Crippen LogP contribution in [-0.4, -0.2) is 52.1 Å². The molecule has 10 heteroatoms. The third-order valence-corrected chi connectivity index (χ3v) is 2.61. The van der Waals surface area contributed by atoms with Gasteiger partial charge in [0.15, 0.2) is 5.96 Å². The maximum Gasteiger partial charge on any atom is 0.407 e. The van der Waals surface area contributed by atoms with Crippen LogP contribution < -0.4 is 16.0 Å². The summed E-state index contributed by atoms with van der Waals surface area (Å²) in [5.74, 6) is 1.43. The van der Waals surface area contributed by atoms with E-state index in [-0.39, 0.29) is 24.0 Å². The summed E-state index contributed by atoms with van der Waals surface area (Å²) >= 11 is 0. The summed E-state index contributed by atoms with van der Waals surface area (Å²) in [5.41, 5.74) is -0.496. The third kappa shape index (κ3) is 9.53. The smallest absolute Gasteiger partial charge is 0.407 e. The van der Waals surface area contributed by atoms with Crippen molar-refractivity contribution >= 4 is 36.0 Å². The van der Waals surface area contributed by atoms with Gasteiger partial charge in [-0.15, -0.1) is 24.0 Å². The summed E-state index contributed by atoms with van der Waals surface area (Å²) in [7, 11) is 1.82. The number of halogens is 1. The Hall–Kier alpha value is -1.59. The van der Waals surface area contributed by atoms with Gasteiger partial charge in [-0.25, -0.2) is 14.8 Å². The molecule has 1 rings (SSSR count). The lowest BCUT2D eigenvalue weighted by Crippen LogP contribution is -2.42. The number of hydrogen-bond donors (Lipinski definition) is 3. The van der Waals surface area contributed by atoms with Gasteiger partial charge in [0.1, 0.15) is 24.3 Å². The predicted molar refractivity (Wildman–Crippen MR) is 103 cm³/mol. The van der Waals surface area contributed by atoms with Gasteiger partial charge in [0.2, 0.25) is 0 Å². The fraction of sp³-hybridized carbons (Fsp3) is 0.714. The van der Waals surface area contributed by atoms with Gasteiger partial charge in [0.25, 0.3) is 0 Å². The van der Waals surface area contributed by atoms with Crippen molar-refractivity contribution in [2.45, 2.75) is 39.8 Å². The number of hydrogen-bond acceptors (Lipinski definition) is 5. The minimum Gasteiger partial charge on any atom is -0.444 e. The van der Waals surface area contributed by atoms with Crippen LogP contribution in [0.25, 0.3) is 0 Å². The first-order valence-electron chi connectivity index (χ1n) is 7.63. The summed E-state index contributed by atoms with van der Waals surface area (Å²) in [5, 5.41) is 12.9. The fourth-order valence-electron chi connectivity index (χ4n) is 1.61. The molecule has 1 amide bonds. The number of aliphatic imine (C=N–C) groups is 1. The highest BCUT2D eigenvalue weighted by Crippen LogP contribution is 2.05. The molecular weight excluding hydrogens is 425 g/mol. The molecule has 9 nitrogen and oxygen atoms in total. The maximum absolute atomic E-state index is 11.5. The fourth-order valence-corrected chi connectivity index (χ4v) is 1.61. The van der Waals surface area contributed by atoms with E-state index < -0.39 is 11.7 Å². The quantitative estimate of drug-likeness (QED) is 0.257. The number of aryl methyl sites for hydroxylation is 1. The van der Waals surface area contributed by atoms with E-state index in [1.807, 2.05) is 34.7 Å². The van der Waals surface area contributed by atoms with Crippen molar-refractivity contribution in [2.24, 2.45) is 12.0 Å². The summed E-state index contributed by atoms with van der Waals surface area (Å²) in [4.78, 5) is 20.1. The van der Waals surface area contributed by atoms with Crippen molar-refractivity contribution in [3.8, 4) is 0 Å². The zero-order chi connectivity index (χ0) is 17.3. The molecular formula is C14H28IN7O2. The Morgan fingerprint density at radius 1 is 1.29 bits per heavy atom. The molecule has 138 valence electrons. The summed E-state index contributed by atoms with van der Waals surface area (Å²) in [6.07, 6.45) is 1.07. The zero-order valence-corrected chi connectivity index (χ0v) is 17.2. The normalized spacial score (nSPS) is 11.5. The standard InChI is InChI=1S/C14H27N7O2.HI/c1-6-15-12(18-9-11-19-10-20-21(11)5)16-7-8-17-13(22)23-14(2,3)4;/h10H,6-9H2,1-5H3,(H,17,22)(H2,15,16,18);1H. The number of rotatable bonds is 6. The molecule has 0 saturated heterocycles. The number of amides is 1. The van der Waals surface area contributed by atoms with Gasteiger partial charge >= 0.3 is 6.09 Å². The summed E-state index contributed by atoms with van der Waals surface area (Å²) < 4.78 is 6.84. The van der Waals surface area contributed by atoms with Crippen LogP contribution in [0.1, 0.15) is 33.5 Å². The van der Waals surface area contributed by atoms with E-state index in [0.29, 0.717) is 25.6 Å². The van der Waals surface area contributed by atoms with E-state index >= 15 is 0 Å². The Bertz CT molecular complexity index is 525. The Labute approximate surface area is 160 Å². The summed E-state index contributed by atoms with van der Waals surface area (Å²) in [6, 6.07) is 0. The van der Waals surface area contributed by atoms with Crippen LogP contribution in [-0.2, 0) is 18.3 Å². The average Bonchev–Trinajstić information content (AvgIpc) is 2.84. The Kier molecular flexibility index (Phi) is 10.3. The first-order chi connectivity index (χ1) is 10.8. The van der Waals surface area contributed by atoms with Gasteiger partial charge in [-0.3, -0.25) is 4.68 Å². The van der Waals surface area contributed by atoms with E-state index in [4.69, 9.17) is 4.74 Å². The number of alkyl carbamates (subject to hydrolysis) is 1. The maximum atomic E-state index is 11.5. The molecule has 0 unspecified atom stereocenters. The van der Waals surface area contributed by atoms with Crippen LogP contribution in [0.3, 0.4) is 0 Å². The lowest BCUT2D eigenvalue weighted by Gasteiger charge is -2.19. The SMILES string of the molecule is CCNC(=NCc1ncnn1C)NCCNC(=O)OC(C)(C)C.I. The second-order valence-electron chi connectivity index (χ2n) is 5.85. The molecule has 1 aromatic rings. The van der Waals surface area contributed by atoms with Gasteiger partial charge in [-0.1, -0.05) is 0 Å². The van der Waals surface area contributed by atoms with Gasteiger partial charge in [-0.2, -0.15) is 5.10 Å². The predicted octanol–water partition coefficient (Wildman–Crippen LogP) is 1.01. The Balaban J connectivity index is 0.00000529. The molecule has 1 aromatic heterocycles. The Morgan fingerprint density at radius 2 is 1.96 bits per heavy atom. The van der Waals surface area contributed by atoms with Gasteiger partial charge in [-0.05, 0) is 27.7 Å². The topological polar surface area (TPSA) is 105 Å². The van der Waals surface area contributed by atoms with Crippen LogP contribution in [0, 0.1) is 0 Å². The largest absolute Gasteiger partial charge is 0.444 e. The zero-order valence-electron chi connectivity index (χ0n) is 14.9. The number of carbonyl (C=O) groups is 1. The monoisotopic (exact) mass is 453 g/mol. The van der Waals surface area contributed by atoms with E-state index in [9.17, 15) is 4.79 Å². The minimum atomic E-state index is -0.496. The van der Waals surface area contributed by atoms with E-state index in [1.165, 1.54) is 6.33 Å². The van der Waals surface area contributed by atoms with Crippen LogP contribution >= 0.6 is 24.0 Å². The van der Waals surface area contributed by atoms with Gasteiger partial charge in [0, 0.05) is 26.7 Å². The van der Waals surface area contributed by atoms with E-state index in [0.717, 1.165) is 12.4 Å². The van der Waals surface area contributed by atoms with Crippen LogP contribution in [0.2, 0.25) is 0 Å². The van der Waals surface area contributed by atoms with Crippen LogP contribution in [0.4, 0.5) is 4.79 Å². The van der Waals surface area contributed by atoms with Crippen molar-refractivity contribution < 1.29 is 9.53 Å². The molecule has 0 saturated carbocycles. The molecule has 0 radical (unpaired) electrons. The molecule has 0 bridgehead atoms. The third-order valence-electron chi connectivity index (χ3n) is 2.61. The number of nitrogens with one attached hydrogen (secondary N) is 3. The average molecular weight is 453 g/mol. The highest BCUT2D eigenvalue weighted by atomic mass is 127. The lowest BCUT2D eigenvalue weighted by molar-refractivity contribution is 0.0529. The minimum absolute atomic E-state index is 0. The highest BCUT2D eigenvalue weighted by molar-refractivity contribution is 14.0. The molecule has 3 N–H and O–H groups in total. The molecule has 24 heavy (non-hydrogen) atoms. The number of carbonyl (C=O) groups excluding carboxylic acids is 1. The molecule has 0 spiro atoms. The number of guanidine groups is 1. The number of ether oxygens (including phenoxy) is 1. The van der Waals surface area contributed by atoms with Crippen molar-refractivity contribution in [1.29, 1.82) is 0 Å². The van der Waals surface area contributed by atoms with E-state index in [2.05, 4.69) is 31.0 Å². The van der Waals surface area contributed by atoms with Crippen molar-refractivity contribution in [2.75, 3.05) is 19.6 Å². The second-order valence-corrected chi connectivity index (χ2v) is 5.85. The van der Waals surface area contributed by atoms with Crippen molar-refractivity contribution in [3.63, 3.8) is 0 Å². The van der Waals surface area contributed by atoms with Crippen molar-refractivity contribution in [1.82, 2.24) is 30.7 Å². The second kappa shape index (κ2) is 11.0. The first kappa shape index (κ1) is 22.4. The number of aromatic nitrogens is 3. The molecule has 0 aromatic carbocycles. The van der Waals surface area contributed by atoms with Crippen LogP contribution in [0.15, 0.2) is 11.3 Å². The van der Waals surface area contributed by atoms with Crippen LogP contribution in [0.5, 0.6) is 0 Å². The van der Waals surface area contributed by atoms with Crippen molar-refractivity contribution in [3.05, 3.63) is 12.2 Å². The first-order valence-corrected chi connectivity index (χ1v) is 7.63. The lowest BCUT2D eigenvalue weighted by atomic mass is 10.2.